The summed E-state index contributed by atoms with van der Waals surface area (Å²) in [7, 11) is 0. The Labute approximate surface area is 217 Å². The molecule has 0 bridgehead atoms. The van der Waals surface area contributed by atoms with Crippen molar-refractivity contribution in [2.24, 2.45) is 0 Å². The van der Waals surface area contributed by atoms with E-state index in [1.165, 1.54) is 122 Å². The first-order valence-corrected chi connectivity index (χ1v) is 14.7. The van der Waals surface area contributed by atoms with Crippen LogP contribution in [0.5, 0.6) is 0 Å². The number of hydrogen-bond acceptors (Lipinski definition) is 4. The van der Waals surface area contributed by atoms with E-state index in [-0.39, 0.29) is 11.9 Å². The van der Waals surface area contributed by atoms with Crippen LogP contribution >= 0.6 is 0 Å². The molecule has 0 aromatic carbocycles. The Kier molecular flexibility index (Phi) is 25.8. The average Bonchev–Trinajstić information content (AvgIpc) is 2.85. The summed E-state index contributed by atoms with van der Waals surface area (Å²) in [5.41, 5.74) is 0.485. The average molecular weight is 493 g/mol. The lowest BCUT2D eigenvalue weighted by Crippen LogP contribution is -2.05. The molecule has 4 heteroatoms. The standard InChI is InChI=1S/C31H56O4/c1-4-30(32)34-27-25-23-21-19-17-15-13-11-9-7-5-6-8-10-12-14-16-18-20-22-24-26-28-35-31(33)29(2)3/h4H,1-2,5-28H2,3H3. The number of hydrogen-bond donors (Lipinski definition) is 0. The van der Waals surface area contributed by atoms with Crippen molar-refractivity contribution >= 4 is 11.9 Å². The Morgan fingerprint density at radius 3 is 1.03 bits per heavy atom. The number of ether oxygens (including phenoxy) is 2. The lowest BCUT2D eigenvalue weighted by Gasteiger charge is -2.05. The molecule has 0 spiro atoms. The van der Waals surface area contributed by atoms with E-state index in [1.807, 2.05) is 0 Å². The summed E-state index contributed by atoms with van der Waals surface area (Å²) in [4.78, 5) is 22.2. The van der Waals surface area contributed by atoms with Crippen molar-refractivity contribution in [2.45, 2.75) is 148 Å². The minimum absolute atomic E-state index is 0.261. The van der Waals surface area contributed by atoms with Crippen LogP contribution in [0.25, 0.3) is 0 Å². The van der Waals surface area contributed by atoms with Crippen molar-refractivity contribution in [2.75, 3.05) is 13.2 Å². The number of esters is 2. The molecule has 0 aromatic heterocycles. The Morgan fingerprint density at radius 1 is 0.514 bits per heavy atom. The van der Waals surface area contributed by atoms with Gasteiger partial charge in [0.2, 0.25) is 0 Å². The molecular formula is C31H56O4. The summed E-state index contributed by atoms with van der Waals surface area (Å²) in [5.74, 6) is -0.569. The molecule has 0 N–H and O–H groups in total. The molecule has 0 amide bonds. The number of carbonyl (C=O) groups excluding carboxylic acids is 2. The van der Waals surface area contributed by atoms with E-state index >= 15 is 0 Å². The van der Waals surface area contributed by atoms with Crippen molar-refractivity contribution in [3.05, 3.63) is 24.8 Å². The predicted molar refractivity (Wildman–Crippen MR) is 149 cm³/mol. The van der Waals surface area contributed by atoms with Crippen LogP contribution in [-0.4, -0.2) is 25.2 Å². The van der Waals surface area contributed by atoms with Gasteiger partial charge >= 0.3 is 11.9 Å². The minimum atomic E-state index is -0.308. The van der Waals surface area contributed by atoms with E-state index in [4.69, 9.17) is 9.47 Å². The van der Waals surface area contributed by atoms with Crippen molar-refractivity contribution in [3.63, 3.8) is 0 Å². The van der Waals surface area contributed by atoms with Crippen molar-refractivity contribution in [1.29, 1.82) is 0 Å². The molecule has 0 rings (SSSR count). The second-order valence-corrected chi connectivity index (χ2v) is 10.1. The van der Waals surface area contributed by atoms with Gasteiger partial charge in [-0.15, -0.1) is 0 Å². The zero-order chi connectivity index (χ0) is 25.8. The van der Waals surface area contributed by atoms with Gasteiger partial charge in [0.25, 0.3) is 0 Å². The molecule has 0 aliphatic carbocycles. The van der Waals surface area contributed by atoms with Gasteiger partial charge in [0.15, 0.2) is 0 Å². The van der Waals surface area contributed by atoms with Gasteiger partial charge in [0, 0.05) is 11.6 Å². The quantitative estimate of drug-likeness (QED) is 0.0651. The first-order valence-electron chi connectivity index (χ1n) is 14.7. The highest BCUT2D eigenvalue weighted by molar-refractivity contribution is 5.86. The first-order chi connectivity index (χ1) is 17.1. The molecule has 4 nitrogen and oxygen atoms in total. The molecule has 204 valence electrons. The molecule has 0 aliphatic heterocycles. The van der Waals surface area contributed by atoms with Crippen LogP contribution in [0, 0.1) is 0 Å². The first kappa shape index (κ1) is 33.4. The third-order valence-corrected chi connectivity index (χ3v) is 6.53. The molecule has 0 atom stereocenters. The van der Waals surface area contributed by atoms with Crippen LogP contribution in [0.1, 0.15) is 148 Å². The van der Waals surface area contributed by atoms with Crippen LogP contribution < -0.4 is 0 Å². The normalized spacial score (nSPS) is 10.8. The van der Waals surface area contributed by atoms with Gasteiger partial charge < -0.3 is 9.47 Å². The van der Waals surface area contributed by atoms with Crippen molar-refractivity contribution in [1.82, 2.24) is 0 Å². The van der Waals surface area contributed by atoms with E-state index in [2.05, 4.69) is 13.2 Å². The van der Waals surface area contributed by atoms with Gasteiger partial charge in [-0.25, -0.2) is 9.59 Å². The second-order valence-electron chi connectivity index (χ2n) is 10.1. The van der Waals surface area contributed by atoms with E-state index in [9.17, 15) is 9.59 Å². The molecule has 0 heterocycles. The summed E-state index contributed by atoms with van der Waals surface area (Å²) < 4.78 is 10.1. The third kappa shape index (κ3) is 26.9. The lowest BCUT2D eigenvalue weighted by molar-refractivity contribution is -0.139. The van der Waals surface area contributed by atoms with Crippen LogP contribution in [0.15, 0.2) is 24.8 Å². The van der Waals surface area contributed by atoms with Gasteiger partial charge in [-0.05, 0) is 19.8 Å². The molecule has 0 aromatic rings. The summed E-state index contributed by atoms with van der Waals surface area (Å²) in [6, 6.07) is 0. The van der Waals surface area contributed by atoms with Gasteiger partial charge in [0.05, 0.1) is 13.2 Å². The van der Waals surface area contributed by atoms with Crippen LogP contribution in [0.3, 0.4) is 0 Å². The fourth-order valence-corrected chi connectivity index (χ4v) is 4.26. The topological polar surface area (TPSA) is 52.6 Å². The Bertz CT molecular complexity index is 526. The van der Waals surface area contributed by atoms with Gasteiger partial charge in [-0.2, -0.15) is 0 Å². The summed E-state index contributed by atoms with van der Waals surface area (Å²) in [5, 5.41) is 0. The van der Waals surface area contributed by atoms with E-state index in [0.29, 0.717) is 18.8 Å². The zero-order valence-corrected chi connectivity index (χ0v) is 23.1. The highest BCUT2D eigenvalue weighted by Crippen LogP contribution is 2.15. The zero-order valence-electron chi connectivity index (χ0n) is 23.1. The summed E-state index contributed by atoms with van der Waals surface area (Å²) in [6.45, 7) is 9.74. The maximum Gasteiger partial charge on any atom is 0.333 e. The van der Waals surface area contributed by atoms with Crippen molar-refractivity contribution < 1.29 is 19.1 Å². The fourth-order valence-electron chi connectivity index (χ4n) is 4.26. The maximum absolute atomic E-state index is 11.3. The Hall–Kier alpha value is -1.58. The molecule has 0 saturated heterocycles. The largest absolute Gasteiger partial charge is 0.463 e. The molecular weight excluding hydrogens is 436 g/mol. The molecule has 0 radical (unpaired) electrons. The van der Waals surface area contributed by atoms with Crippen LogP contribution in [0.4, 0.5) is 0 Å². The van der Waals surface area contributed by atoms with Crippen LogP contribution in [0.2, 0.25) is 0 Å². The highest BCUT2D eigenvalue weighted by atomic mass is 16.5. The summed E-state index contributed by atoms with van der Waals surface area (Å²) in [6.07, 6.45) is 30.1. The number of unbranched alkanes of at least 4 members (excludes halogenated alkanes) is 21. The monoisotopic (exact) mass is 492 g/mol. The Morgan fingerprint density at radius 2 is 0.771 bits per heavy atom. The predicted octanol–water partition coefficient (Wildman–Crippen LogP) is 9.42. The molecule has 0 fully saturated rings. The van der Waals surface area contributed by atoms with Gasteiger partial charge in [-0.3, -0.25) is 0 Å². The maximum atomic E-state index is 11.3. The number of carbonyl (C=O) groups is 2. The lowest BCUT2D eigenvalue weighted by atomic mass is 10.0. The smallest absolute Gasteiger partial charge is 0.333 e. The molecule has 35 heavy (non-hydrogen) atoms. The number of rotatable bonds is 27. The van der Waals surface area contributed by atoms with Gasteiger partial charge in [-0.1, -0.05) is 142 Å². The SMILES string of the molecule is C=CC(=O)OCCCCCCCCCCCCCCCCCCCCCCCCOC(=O)C(=C)C. The third-order valence-electron chi connectivity index (χ3n) is 6.53. The van der Waals surface area contributed by atoms with Crippen LogP contribution in [-0.2, 0) is 19.1 Å². The van der Waals surface area contributed by atoms with Crippen molar-refractivity contribution in [3.8, 4) is 0 Å². The summed E-state index contributed by atoms with van der Waals surface area (Å²) >= 11 is 0. The molecule has 0 unspecified atom stereocenters. The van der Waals surface area contributed by atoms with E-state index in [1.54, 1.807) is 6.92 Å². The Balaban J connectivity index is 3.09. The molecule has 0 aliphatic rings. The fraction of sp³-hybridized carbons (Fsp3) is 0.806. The van der Waals surface area contributed by atoms with E-state index in [0.717, 1.165) is 25.7 Å². The second kappa shape index (κ2) is 27.0. The van der Waals surface area contributed by atoms with Gasteiger partial charge in [0.1, 0.15) is 0 Å². The molecule has 0 saturated carbocycles. The van der Waals surface area contributed by atoms with E-state index < -0.39 is 0 Å². The minimum Gasteiger partial charge on any atom is -0.463 e. The highest BCUT2D eigenvalue weighted by Gasteiger charge is 2.02.